The molecule has 2 N–H and O–H groups in total. The number of H-pyrrole nitrogens is 1. The quantitative estimate of drug-likeness (QED) is 0.392. The van der Waals surface area contributed by atoms with Crippen LogP contribution in [0.5, 0.6) is 11.5 Å². The van der Waals surface area contributed by atoms with Gasteiger partial charge in [-0.15, -0.1) is 0 Å². The summed E-state index contributed by atoms with van der Waals surface area (Å²) in [6.07, 6.45) is 0.405. The fraction of sp³-hybridized carbons (Fsp3) is 0.409. The monoisotopic (exact) mass is 494 g/mol. The number of aryl methyl sites for hydroxylation is 1. The highest BCUT2D eigenvalue weighted by Gasteiger charge is 2.23. The molecule has 2 heterocycles. The van der Waals surface area contributed by atoms with Gasteiger partial charge in [-0.1, -0.05) is 0 Å². The van der Waals surface area contributed by atoms with Crippen molar-refractivity contribution in [3.05, 3.63) is 40.7 Å². The number of Topliss-reactive ketones (excluding diaryl/α,β-unsaturated/α-hetero) is 1. The van der Waals surface area contributed by atoms with E-state index >= 15 is 0 Å². The van der Waals surface area contributed by atoms with Crippen LogP contribution in [0, 0.1) is 13.8 Å². The van der Waals surface area contributed by atoms with Crippen molar-refractivity contribution in [1.29, 1.82) is 0 Å². The van der Waals surface area contributed by atoms with Crippen LogP contribution in [-0.4, -0.2) is 64.6 Å². The van der Waals surface area contributed by atoms with Gasteiger partial charge in [-0.05, 0) is 31.5 Å². The number of methoxy groups -OCH3 is 1. The number of aromatic nitrogens is 1. The van der Waals surface area contributed by atoms with Crippen molar-refractivity contribution in [2.45, 2.75) is 31.6 Å². The first kappa shape index (κ1) is 25.2. The Morgan fingerprint density at radius 3 is 2.53 bits per heavy atom. The van der Waals surface area contributed by atoms with E-state index in [1.165, 1.54) is 25.3 Å². The number of carbonyl (C=O) groups is 3. The molecule has 0 saturated carbocycles. The van der Waals surface area contributed by atoms with Gasteiger partial charge in [0.2, 0.25) is 15.8 Å². The Labute approximate surface area is 196 Å². The van der Waals surface area contributed by atoms with E-state index in [-0.39, 0.29) is 29.1 Å². The molecule has 2 aromatic rings. The van der Waals surface area contributed by atoms with Gasteiger partial charge in [-0.2, -0.15) is 0 Å². The zero-order valence-electron chi connectivity index (χ0n) is 19.1. The first-order chi connectivity index (χ1) is 16.1. The molecule has 0 saturated heterocycles. The van der Waals surface area contributed by atoms with E-state index < -0.39 is 34.4 Å². The number of esters is 2. The molecule has 184 valence electrons. The van der Waals surface area contributed by atoms with Crippen molar-refractivity contribution in [3.63, 3.8) is 0 Å². The van der Waals surface area contributed by atoms with E-state index in [4.69, 9.17) is 18.9 Å². The highest BCUT2D eigenvalue weighted by molar-refractivity contribution is 7.89. The number of benzene rings is 1. The maximum Gasteiger partial charge on any atom is 0.339 e. The normalized spacial score (nSPS) is 13.1. The standard InChI is InChI=1S/C22H26N2O9S/c1-13-20(22(27)30-3)14(2)24-21(13)16(25)12-33-19(26)7-8-23-34(28,29)15-5-6-17-18(11-15)32-10-4-9-31-17/h5-6,11,23-24H,4,7-10,12H2,1-3H3. The summed E-state index contributed by atoms with van der Waals surface area (Å²) in [5.74, 6) is -1.07. The van der Waals surface area contributed by atoms with Crippen molar-refractivity contribution in [3.8, 4) is 11.5 Å². The lowest BCUT2D eigenvalue weighted by atomic mass is 10.1. The molecule has 1 aliphatic rings. The van der Waals surface area contributed by atoms with Crippen molar-refractivity contribution >= 4 is 27.7 Å². The Morgan fingerprint density at radius 2 is 1.82 bits per heavy atom. The van der Waals surface area contributed by atoms with Crippen LogP contribution in [-0.2, 0) is 24.3 Å². The molecular weight excluding hydrogens is 468 g/mol. The van der Waals surface area contributed by atoms with Crippen LogP contribution in [0.2, 0.25) is 0 Å². The summed E-state index contributed by atoms with van der Waals surface area (Å²) >= 11 is 0. The van der Waals surface area contributed by atoms with Crippen LogP contribution in [0.3, 0.4) is 0 Å². The third kappa shape index (κ3) is 5.75. The van der Waals surface area contributed by atoms with Crippen LogP contribution >= 0.6 is 0 Å². The molecule has 0 fully saturated rings. The number of rotatable bonds is 9. The average molecular weight is 495 g/mol. The molecule has 0 unspecified atom stereocenters. The molecule has 0 atom stereocenters. The number of aromatic amines is 1. The topological polar surface area (TPSA) is 150 Å². The molecule has 12 heteroatoms. The summed E-state index contributed by atoms with van der Waals surface area (Å²) in [7, 11) is -2.67. The minimum absolute atomic E-state index is 0.0284. The zero-order chi connectivity index (χ0) is 24.9. The summed E-state index contributed by atoms with van der Waals surface area (Å²) in [6, 6.07) is 4.27. The van der Waals surface area contributed by atoms with E-state index in [1.807, 2.05) is 0 Å². The molecule has 11 nitrogen and oxygen atoms in total. The molecule has 34 heavy (non-hydrogen) atoms. The second kappa shape index (κ2) is 10.7. The van der Waals surface area contributed by atoms with Crippen LogP contribution in [0.1, 0.15) is 44.9 Å². The van der Waals surface area contributed by atoms with Crippen LogP contribution in [0.15, 0.2) is 23.1 Å². The molecule has 0 radical (unpaired) electrons. The Bertz CT molecular complexity index is 1200. The van der Waals surface area contributed by atoms with Gasteiger partial charge in [0.05, 0.1) is 42.9 Å². The number of ether oxygens (including phenoxy) is 4. The number of sulfonamides is 1. The van der Waals surface area contributed by atoms with E-state index in [9.17, 15) is 22.8 Å². The smallest absolute Gasteiger partial charge is 0.339 e. The van der Waals surface area contributed by atoms with Gasteiger partial charge in [0.1, 0.15) is 0 Å². The van der Waals surface area contributed by atoms with E-state index in [2.05, 4.69) is 9.71 Å². The lowest BCUT2D eigenvalue weighted by Gasteiger charge is -2.11. The molecule has 1 aromatic heterocycles. The third-order valence-corrected chi connectivity index (χ3v) is 6.58. The van der Waals surface area contributed by atoms with E-state index in [1.54, 1.807) is 13.8 Å². The largest absolute Gasteiger partial charge is 0.490 e. The molecular formula is C22H26N2O9S. The van der Waals surface area contributed by atoms with Gasteiger partial charge in [0.25, 0.3) is 0 Å². The zero-order valence-corrected chi connectivity index (χ0v) is 19.9. The number of hydrogen-bond acceptors (Lipinski definition) is 9. The van der Waals surface area contributed by atoms with Gasteiger partial charge in [0.15, 0.2) is 18.1 Å². The molecule has 0 spiro atoms. The maximum atomic E-state index is 12.5. The molecule has 1 aliphatic heterocycles. The predicted molar refractivity (Wildman–Crippen MR) is 119 cm³/mol. The van der Waals surface area contributed by atoms with Crippen LogP contribution in [0.4, 0.5) is 0 Å². The summed E-state index contributed by atoms with van der Waals surface area (Å²) in [5.41, 5.74) is 1.25. The van der Waals surface area contributed by atoms with Crippen molar-refractivity contribution in [1.82, 2.24) is 9.71 Å². The van der Waals surface area contributed by atoms with Crippen molar-refractivity contribution in [2.75, 3.05) is 33.5 Å². The highest BCUT2D eigenvalue weighted by atomic mass is 32.2. The summed E-state index contributed by atoms with van der Waals surface area (Å²) in [4.78, 5) is 39.0. The average Bonchev–Trinajstić information content (AvgIpc) is 2.96. The number of nitrogens with one attached hydrogen (secondary N) is 2. The van der Waals surface area contributed by atoms with Crippen molar-refractivity contribution in [2.24, 2.45) is 0 Å². The van der Waals surface area contributed by atoms with E-state index in [0.29, 0.717) is 42.4 Å². The van der Waals surface area contributed by atoms with Gasteiger partial charge < -0.3 is 23.9 Å². The maximum absolute atomic E-state index is 12.5. The lowest BCUT2D eigenvalue weighted by Crippen LogP contribution is -2.27. The minimum atomic E-state index is -3.90. The minimum Gasteiger partial charge on any atom is -0.490 e. The molecule has 0 bridgehead atoms. The second-order valence-electron chi connectivity index (χ2n) is 7.51. The molecule has 3 rings (SSSR count). The molecule has 1 aromatic carbocycles. The Morgan fingerprint density at radius 1 is 1.12 bits per heavy atom. The highest BCUT2D eigenvalue weighted by Crippen LogP contribution is 2.31. The number of hydrogen-bond donors (Lipinski definition) is 2. The summed E-state index contributed by atoms with van der Waals surface area (Å²) in [5, 5.41) is 0. The van der Waals surface area contributed by atoms with Gasteiger partial charge in [-0.3, -0.25) is 9.59 Å². The number of carbonyl (C=O) groups excluding carboxylic acids is 3. The fourth-order valence-corrected chi connectivity index (χ4v) is 4.46. The molecule has 0 amide bonds. The van der Waals surface area contributed by atoms with Crippen LogP contribution in [0.25, 0.3) is 0 Å². The van der Waals surface area contributed by atoms with Gasteiger partial charge >= 0.3 is 11.9 Å². The Balaban J connectivity index is 1.51. The SMILES string of the molecule is COC(=O)c1c(C)[nH]c(C(=O)COC(=O)CCNS(=O)(=O)c2ccc3c(c2)OCCCO3)c1C. The fourth-order valence-electron chi connectivity index (χ4n) is 3.41. The van der Waals surface area contributed by atoms with Crippen molar-refractivity contribution < 1.29 is 41.7 Å². The van der Waals surface area contributed by atoms with Crippen LogP contribution < -0.4 is 14.2 Å². The Kier molecular flexibility index (Phi) is 7.94. The second-order valence-corrected chi connectivity index (χ2v) is 9.27. The summed E-state index contributed by atoms with van der Waals surface area (Å²) in [6.45, 7) is 3.32. The van der Waals surface area contributed by atoms with Gasteiger partial charge in [0, 0.05) is 24.7 Å². The third-order valence-electron chi connectivity index (χ3n) is 5.12. The first-order valence-corrected chi connectivity index (χ1v) is 12.0. The Hall–Kier alpha value is -3.38. The number of fused-ring (bicyclic) bond motifs is 1. The lowest BCUT2D eigenvalue weighted by molar-refractivity contribution is -0.142. The predicted octanol–water partition coefficient (Wildman–Crippen LogP) is 1.67. The van der Waals surface area contributed by atoms with Gasteiger partial charge in [-0.25, -0.2) is 17.9 Å². The number of ketones is 1. The molecule has 0 aliphatic carbocycles. The first-order valence-electron chi connectivity index (χ1n) is 10.5. The summed E-state index contributed by atoms with van der Waals surface area (Å²) < 4.78 is 48.0. The van der Waals surface area contributed by atoms with E-state index in [0.717, 1.165) is 0 Å².